The number of hydrogen-bond acceptors (Lipinski definition) is 3. The largest absolute Gasteiger partial charge is 0.479 e. The number of carbonyl (C=O) groups is 1. The monoisotopic (exact) mass is 328 g/mol. The van der Waals surface area contributed by atoms with E-state index in [1.165, 1.54) is 6.92 Å². The summed E-state index contributed by atoms with van der Waals surface area (Å²) in [5, 5.41) is 9.40. The average Bonchev–Trinajstić information content (AvgIpc) is 2.43. The maximum atomic E-state index is 10.7. The van der Waals surface area contributed by atoms with Crippen molar-refractivity contribution in [3.8, 4) is 17.2 Å². The summed E-state index contributed by atoms with van der Waals surface area (Å²) in [6, 6.07) is 13.7. The maximum Gasteiger partial charge on any atom is 0.344 e. The van der Waals surface area contributed by atoms with E-state index in [1.54, 1.807) is 48.5 Å². The lowest BCUT2D eigenvalue weighted by atomic mass is 10.3. The molecule has 2 aromatic carbocycles. The predicted molar refractivity (Wildman–Crippen MR) is 82.9 cm³/mol. The fraction of sp³-hybridized carbons (Fsp3) is 0.133. The molecule has 0 aliphatic heterocycles. The van der Waals surface area contributed by atoms with Crippen molar-refractivity contribution in [1.29, 1.82) is 0 Å². The van der Waals surface area contributed by atoms with Crippen molar-refractivity contribution < 1.29 is 19.4 Å². The van der Waals surface area contributed by atoms with E-state index in [-0.39, 0.29) is 12.4 Å². The first-order valence-electron chi connectivity index (χ1n) is 5.97. The SMILES string of the molecule is CC(Oc1ccc(Oc2ccc(Cl)cc2)cc1)C(=O)O.Cl. The Bertz CT molecular complexity index is 582. The third-order valence-corrected chi connectivity index (χ3v) is 2.79. The van der Waals surface area contributed by atoms with Gasteiger partial charge >= 0.3 is 5.97 Å². The minimum Gasteiger partial charge on any atom is -0.479 e. The first kappa shape index (κ1) is 17.1. The fourth-order valence-electron chi connectivity index (χ4n) is 1.48. The van der Waals surface area contributed by atoms with E-state index in [4.69, 9.17) is 26.2 Å². The van der Waals surface area contributed by atoms with Crippen molar-refractivity contribution in [2.24, 2.45) is 0 Å². The van der Waals surface area contributed by atoms with Gasteiger partial charge in [0.1, 0.15) is 17.2 Å². The lowest BCUT2D eigenvalue weighted by molar-refractivity contribution is -0.144. The van der Waals surface area contributed by atoms with E-state index >= 15 is 0 Å². The summed E-state index contributed by atoms with van der Waals surface area (Å²) in [4.78, 5) is 10.7. The minimum absolute atomic E-state index is 0. The molecule has 0 heterocycles. The van der Waals surface area contributed by atoms with Gasteiger partial charge in [0.05, 0.1) is 0 Å². The fourth-order valence-corrected chi connectivity index (χ4v) is 1.61. The molecule has 1 atom stereocenters. The smallest absolute Gasteiger partial charge is 0.344 e. The molecule has 0 radical (unpaired) electrons. The number of carboxylic acid groups (broad SMARTS) is 1. The van der Waals surface area contributed by atoms with E-state index in [0.29, 0.717) is 22.3 Å². The molecule has 2 rings (SSSR count). The second-order valence-corrected chi connectivity index (χ2v) is 4.56. The van der Waals surface area contributed by atoms with Crippen LogP contribution in [0, 0.1) is 0 Å². The van der Waals surface area contributed by atoms with Crippen LogP contribution in [0.2, 0.25) is 5.02 Å². The Morgan fingerprint density at radius 2 is 1.43 bits per heavy atom. The van der Waals surface area contributed by atoms with Gasteiger partial charge in [-0.05, 0) is 55.5 Å². The van der Waals surface area contributed by atoms with Gasteiger partial charge in [0.25, 0.3) is 0 Å². The van der Waals surface area contributed by atoms with Crippen molar-refractivity contribution in [3.63, 3.8) is 0 Å². The molecule has 21 heavy (non-hydrogen) atoms. The molecule has 1 N–H and O–H groups in total. The predicted octanol–water partition coefficient (Wildman–Crippen LogP) is 4.41. The molecule has 0 aliphatic rings. The van der Waals surface area contributed by atoms with Crippen LogP contribution in [0.5, 0.6) is 17.2 Å². The Morgan fingerprint density at radius 1 is 1.00 bits per heavy atom. The van der Waals surface area contributed by atoms with Gasteiger partial charge in [-0.25, -0.2) is 4.79 Å². The molecule has 0 fully saturated rings. The van der Waals surface area contributed by atoms with Gasteiger partial charge in [-0.15, -0.1) is 12.4 Å². The van der Waals surface area contributed by atoms with E-state index in [0.717, 1.165) is 0 Å². The summed E-state index contributed by atoms with van der Waals surface area (Å²) in [7, 11) is 0. The highest BCUT2D eigenvalue weighted by Crippen LogP contribution is 2.25. The Labute approximate surface area is 133 Å². The lowest BCUT2D eigenvalue weighted by Gasteiger charge is -2.11. The molecule has 0 aliphatic carbocycles. The van der Waals surface area contributed by atoms with Crippen molar-refractivity contribution in [2.75, 3.05) is 0 Å². The van der Waals surface area contributed by atoms with Crippen LogP contribution in [0.4, 0.5) is 0 Å². The topological polar surface area (TPSA) is 55.8 Å². The molecule has 0 aromatic heterocycles. The number of aliphatic carboxylic acids is 1. The highest BCUT2D eigenvalue weighted by Gasteiger charge is 2.12. The minimum atomic E-state index is -1.01. The molecule has 4 nitrogen and oxygen atoms in total. The van der Waals surface area contributed by atoms with Crippen LogP contribution < -0.4 is 9.47 Å². The summed E-state index contributed by atoms with van der Waals surface area (Å²) in [5.41, 5.74) is 0. The number of rotatable bonds is 5. The third kappa shape index (κ3) is 5.17. The summed E-state index contributed by atoms with van der Waals surface area (Å²) < 4.78 is 10.8. The van der Waals surface area contributed by atoms with Crippen LogP contribution in [0.3, 0.4) is 0 Å². The molecule has 0 spiro atoms. The summed E-state index contributed by atoms with van der Waals surface area (Å²) in [5.74, 6) is 0.763. The Balaban J connectivity index is 0.00000220. The average molecular weight is 329 g/mol. The maximum absolute atomic E-state index is 10.7. The molecule has 1 unspecified atom stereocenters. The normalized spacial score (nSPS) is 11.1. The molecular weight excluding hydrogens is 315 g/mol. The molecule has 112 valence electrons. The van der Waals surface area contributed by atoms with E-state index < -0.39 is 12.1 Å². The van der Waals surface area contributed by atoms with Gasteiger partial charge in [0.15, 0.2) is 6.10 Å². The second-order valence-electron chi connectivity index (χ2n) is 4.13. The Hall–Kier alpha value is -1.91. The van der Waals surface area contributed by atoms with Crippen LogP contribution >= 0.6 is 24.0 Å². The van der Waals surface area contributed by atoms with Crippen LogP contribution in [0.1, 0.15) is 6.92 Å². The van der Waals surface area contributed by atoms with Gasteiger partial charge in [-0.2, -0.15) is 0 Å². The number of hydrogen-bond donors (Lipinski definition) is 1. The van der Waals surface area contributed by atoms with Crippen molar-refractivity contribution >= 4 is 30.0 Å². The van der Waals surface area contributed by atoms with Gasteiger partial charge in [-0.3, -0.25) is 0 Å². The molecule has 2 aromatic rings. The van der Waals surface area contributed by atoms with Crippen LogP contribution in [-0.2, 0) is 4.79 Å². The standard InChI is InChI=1S/C15H13ClO4.ClH/c1-10(15(17)18)19-12-6-8-14(9-7-12)20-13-4-2-11(16)3-5-13;/h2-10H,1H3,(H,17,18);1H. The van der Waals surface area contributed by atoms with Crippen molar-refractivity contribution in [1.82, 2.24) is 0 Å². The molecule has 6 heteroatoms. The number of halogens is 2. The van der Waals surface area contributed by atoms with Crippen LogP contribution in [0.25, 0.3) is 0 Å². The molecule has 0 saturated heterocycles. The quantitative estimate of drug-likeness (QED) is 0.883. The molecule has 0 amide bonds. The van der Waals surface area contributed by atoms with Crippen LogP contribution in [-0.4, -0.2) is 17.2 Å². The zero-order valence-electron chi connectivity index (χ0n) is 11.2. The summed E-state index contributed by atoms with van der Waals surface area (Å²) >= 11 is 5.79. The zero-order valence-corrected chi connectivity index (χ0v) is 12.7. The first-order valence-corrected chi connectivity index (χ1v) is 6.35. The molecule has 0 bridgehead atoms. The highest BCUT2D eigenvalue weighted by atomic mass is 35.5. The Kier molecular flexibility index (Phi) is 6.34. The van der Waals surface area contributed by atoms with E-state index in [9.17, 15) is 4.79 Å². The van der Waals surface area contributed by atoms with Crippen molar-refractivity contribution in [2.45, 2.75) is 13.0 Å². The number of ether oxygens (including phenoxy) is 2. The number of benzene rings is 2. The zero-order chi connectivity index (χ0) is 14.5. The number of carboxylic acids is 1. The summed E-state index contributed by atoms with van der Waals surface area (Å²) in [6.07, 6.45) is -0.891. The molecule has 0 saturated carbocycles. The van der Waals surface area contributed by atoms with E-state index in [1.807, 2.05) is 0 Å². The van der Waals surface area contributed by atoms with Gasteiger partial charge in [0.2, 0.25) is 0 Å². The lowest BCUT2D eigenvalue weighted by Crippen LogP contribution is -2.22. The summed E-state index contributed by atoms with van der Waals surface area (Å²) in [6.45, 7) is 1.47. The Morgan fingerprint density at radius 3 is 1.90 bits per heavy atom. The highest BCUT2D eigenvalue weighted by molar-refractivity contribution is 6.30. The van der Waals surface area contributed by atoms with Crippen molar-refractivity contribution in [3.05, 3.63) is 53.6 Å². The van der Waals surface area contributed by atoms with Gasteiger partial charge < -0.3 is 14.6 Å². The second kappa shape index (κ2) is 7.76. The third-order valence-electron chi connectivity index (χ3n) is 2.53. The van der Waals surface area contributed by atoms with Crippen LogP contribution in [0.15, 0.2) is 48.5 Å². The van der Waals surface area contributed by atoms with E-state index in [2.05, 4.69) is 0 Å². The molecular formula is C15H14Cl2O4. The first-order chi connectivity index (χ1) is 9.54. The van der Waals surface area contributed by atoms with Gasteiger partial charge in [0, 0.05) is 5.02 Å². The van der Waals surface area contributed by atoms with Gasteiger partial charge in [-0.1, -0.05) is 11.6 Å².